The van der Waals surface area contributed by atoms with Gasteiger partial charge in [0.05, 0.1) is 0 Å². The highest BCUT2D eigenvalue weighted by Crippen LogP contribution is 2.08. The number of hydrogen-bond acceptors (Lipinski definition) is 4. The fraction of sp³-hybridized carbons (Fsp3) is 0. The van der Waals surface area contributed by atoms with Crippen LogP contribution < -0.4 is 11.4 Å². The Balaban J connectivity index is 0.000000148. The molecular weight excluding hydrogens is 246 g/mol. The van der Waals surface area contributed by atoms with Gasteiger partial charge in [-0.15, -0.1) is 0 Å². The van der Waals surface area contributed by atoms with Crippen molar-refractivity contribution >= 4 is 16.9 Å². The first-order valence-corrected chi connectivity index (χ1v) is 5.45. The lowest BCUT2D eigenvalue weighted by Crippen LogP contribution is -2.10. The zero-order valence-electron chi connectivity index (χ0n) is 9.87. The van der Waals surface area contributed by atoms with Crippen LogP contribution in [-0.4, -0.2) is 16.1 Å². The molecule has 0 saturated carbocycles. The number of rotatable bonds is 1. The molecule has 0 unspecified atom stereocenters. The minimum atomic E-state index is -0.508. The number of aromatic amines is 1. The Bertz CT molecular complexity index is 732. The Kier molecular flexibility index (Phi) is 3.72. The van der Waals surface area contributed by atoms with Crippen LogP contribution >= 0.6 is 0 Å². The standard InChI is InChI=1S/C9H6O2.C4H5N3O/c10-9-6-5-7-3-1-2-4-8(7)11-9;5-4(8)3-1-2-6-7-3/h1-6H;1-2H,(H2,5,8)(H,6,7). The predicted molar refractivity (Wildman–Crippen MR) is 69.6 cm³/mol. The summed E-state index contributed by atoms with van der Waals surface area (Å²) in [7, 11) is 0. The van der Waals surface area contributed by atoms with Crippen molar-refractivity contribution in [3.8, 4) is 0 Å². The highest BCUT2D eigenvalue weighted by Gasteiger charge is 1.98. The summed E-state index contributed by atoms with van der Waals surface area (Å²) in [5.41, 5.74) is 5.44. The second-order valence-corrected chi connectivity index (χ2v) is 3.62. The van der Waals surface area contributed by atoms with Crippen LogP contribution in [0.3, 0.4) is 0 Å². The van der Waals surface area contributed by atoms with Gasteiger partial charge in [-0.05, 0) is 18.2 Å². The number of primary amides is 1. The van der Waals surface area contributed by atoms with Crippen molar-refractivity contribution in [2.75, 3.05) is 0 Å². The molecule has 3 N–H and O–H groups in total. The van der Waals surface area contributed by atoms with Crippen LogP contribution in [0.25, 0.3) is 11.0 Å². The predicted octanol–water partition coefficient (Wildman–Crippen LogP) is 1.30. The molecule has 1 amide bonds. The summed E-state index contributed by atoms with van der Waals surface area (Å²) in [5, 5.41) is 6.93. The quantitative estimate of drug-likeness (QED) is 0.641. The summed E-state index contributed by atoms with van der Waals surface area (Å²) in [4.78, 5) is 20.9. The first-order valence-electron chi connectivity index (χ1n) is 5.45. The first kappa shape index (κ1) is 12.6. The molecule has 6 nitrogen and oxygen atoms in total. The molecule has 0 bridgehead atoms. The van der Waals surface area contributed by atoms with E-state index in [0.717, 1.165) is 5.39 Å². The monoisotopic (exact) mass is 257 g/mol. The average Bonchev–Trinajstić information content (AvgIpc) is 2.93. The molecule has 0 spiro atoms. The van der Waals surface area contributed by atoms with Gasteiger partial charge in [-0.2, -0.15) is 5.10 Å². The largest absolute Gasteiger partial charge is 0.423 e. The maximum absolute atomic E-state index is 10.7. The summed E-state index contributed by atoms with van der Waals surface area (Å²) in [6.45, 7) is 0. The van der Waals surface area contributed by atoms with Crippen LogP contribution in [0.5, 0.6) is 0 Å². The first-order chi connectivity index (χ1) is 9.16. The minimum Gasteiger partial charge on any atom is -0.423 e. The van der Waals surface area contributed by atoms with E-state index in [1.54, 1.807) is 18.3 Å². The molecule has 19 heavy (non-hydrogen) atoms. The molecule has 2 aromatic heterocycles. The number of H-pyrrole nitrogens is 1. The van der Waals surface area contributed by atoms with Crippen molar-refractivity contribution in [3.05, 3.63) is 64.8 Å². The molecular formula is C13H11N3O3. The van der Waals surface area contributed by atoms with E-state index in [0.29, 0.717) is 5.58 Å². The molecule has 0 fully saturated rings. The highest BCUT2D eigenvalue weighted by atomic mass is 16.4. The third kappa shape index (κ3) is 3.29. The van der Waals surface area contributed by atoms with Crippen LogP contribution in [0.2, 0.25) is 0 Å². The summed E-state index contributed by atoms with van der Waals surface area (Å²) < 4.78 is 4.91. The molecule has 0 aliphatic heterocycles. The molecule has 3 aromatic rings. The number of nitrogens with zero attached hydrogens (tertiary/aromatic N) is 1. The fourth-order valence-electron chi connectivity index (χ4n) is 1.41. The van der Waals surface area contributed by atoms with Gasteiger partial charge in [-0.3, -0.25) is 9.89 Å². The summed E-state index contributed by atoms with van der Waals surface area (Å²) in [6, 6.07) is 12.1. The smallest absolute Gasteiger partial charge is 0.336 e. The van der Waals surface area contributed by atoms with E-state index in [1.807, 2.05) is 18.2 Å². The summed E-state index contributed by atoms with van der Waals surface area (Å²) >= 11 is 0. The van der Waals surface area contributed by atoms with Crippen LogP contribution in [0.15, 0.2) is 57.9 Å². The van der Waals surface area contributed by atoms with Gasteiger partial charge >= 0.3 is 5.63 Å². The van der Waals surface area contributed by atoms with E-state index < -0.39 is 5.91 Å². The van der Waals surface area contributed by atoms with Gasteiger partial charge < -0.3 is 10.2 Å². The average molecular weight is 257 g/mol. The van der Waals surface area contributed by atoms with Crippen LogP contribution in [0.4, 0.5) is 0 Å². The van der Waals surface area contributed by atoms with Crippen molar-refractivity contribution in [2.24, 2.45) is 5.73 Å². The summed E-state index contributed by atoms with van der Waals surface area (Å²) in [5.74, 6) is -0.508. The molecule has 0 atom stereocenters. The third-order valence-electron chi connectivity index (χ3n) is 2.28. The van der Waals surface area contributed by atoms with Gasteiger partial charge in [-0.25, -0.2) is 4.79 Å². The SMILES string of the molecule is NC(=O)c1cc[nH]n1.O=c1ccc2ccccc2o1. The lowest BCUT2D eigenvalue weighted by Gasteiger charge is -1.91. The molecule has 0 saturated heterocycles. The number of carbonyl (C=O) groups is 1. The number of aromatic nitrogens is 2. The van der Waals surface area contributed by atoms with Crippen molar-refractivity contribution in [1.29, 1.82) is 0 Å². The second-order valence-electron chi connectivity index (χ2n) is 3.62. The Morgan fingerprint density at radius 2 is 1.95 bits per heavy atom. The van der Waals surface area contributed by atoms with E-state index in [-0.39, 0.29) is 11.3 Å². The lowest BCUT2D eigenvalue weighted by atomic mass is 10.2. The number of hydrogen-bond donors (Lipinski definition) is 2. The van der Waals surface area contributed by atoms with E-state index in [4.69, 9.17) is 10.2 Å². The normalized spacial score (nSPS) is 9.68. The van der Waals surface area contributed by atoms with Gasteiger partial charge in [0.15, 0.2) is 0 Å². The number of amides is 1. The van der Waals surface area contributed by atoms with Crippen LogP contribution in [0.1, 0.15) is 10.5 Å². The highest BCUT2D eigenvalue weighted by molar-refractivity contribution is 5.90. The Morgan fingerprint density at radius 3 is 2.58 bits per heavy atom. The van der Waals surface area contributed by atoms with Gasteiger partial charge in [-0.1, -0.05) is 18.2 Å². The number of benzene rings is 1. The second kappa shape index (κ2) is 5.63. The Hall–Kier alpha value is -2.89. The van der Waals surface area contributed by atoms with Crippen molar-refractivity contribution in [1.82, 2.24) is 10.2 Å². The molecule has 6 heteroatoms. The lowest BCUT2D eigenvalue weighted by molar-refractivity contribution is 0.0995. The third-order valence-corrected chi connectivity index (χ3v) is 2.28. The number of nitrogens with one attached hydrogen (secondary N) is 1. The zero-order valence-corrected chi connectivity index (χ0v) is 9.87. The molecule has 2 heterocycles. The number of nitrogens with two attached hydrogens (primary N) is 1. The fourth-order valence-corrected chi connectivity index (χ4v) is 1.41. The van der Waals surface area contributed by atoms with E-state index in [2.05, 4.69) is 10.2 Å². The van der Waals surface area contributed by atoms with Gasteiger partial charge in [0, 0.05) is 17.6 Å². The summed E-state index contributed by atoms with van der Waals surface area (Å²) in [6.07, 6.45) is 1.54. The number of fused-ring (bicyclic) bond motifs is 1. The van der Waals surface area contributed by atoms with E-state index >= 15 is 0 Å². The molecule has 0 aliphatic carbocycles. The molecule has 1 aromatic carbocycles. The van der Waals surface area contributed by atoms with Gasteiger partial charge in [0.1, 0.15) is 11.3 Å². The van der Waals surface area contributed by atoms with Gasteiger partial charge in [0.2, 0.25) is 0 Å². The minimum absolute atomic E-state index is 0.269. The Morgan fingerprint density at radius 1 is 1.16 bits per heavy atom. The van der Waals surface area contributed by atoms with Crippen molar-refractivity contribution in [2.45, 2.75) is 0 Å². The molecule has 0 radical (unpaired) electrons. The van der Waals surface area contributed by atoms with Crippen molar-refractivity contribution in [3.63, 3.8) is 0 Å². The van der Waals surface area contributed by atoms with E-state index in [1.165, 1.54) is 12.1 Å². The number of para-hydroxylation sites is 1. The van der Waals surface area contributed by atoms with Crippen LogP contribution in [0, 0.1) is 0 Å². The van der Waals surface area contributed by atoms with Gasteiger partial charge in [0.25, 0.3) is 5.91 Å². The topological polar surface area (TPSA) is 102 Å². The zero-order chi connectivity index (χ0) is 13.7. The molecule has 96 valence electrons. The van der Waals surface area contributed by atoms with E-state index in [9.17, 15) is 9.59 Å². The maximum Gasteiger partial charge on any atom is 0.336 e. The Labute approximate surface area is 107 Å². The van der Waals surface area contributed by atoms with Crippen LogP contribution in [-0.2, 0) is 0 Å². The molecule has 0 aliphatic rings. The number of carbonyl (C=O) groups excluding carboxylic acids is 1. The maximum atomic E-state index is 10.7. The molecule has 3 rings (SSSR count). The van der Waals surface area contributed by atoms with Crippen molar-refractivity contribution < 1.29 is 9.21 Å².